The number of amides is 1. The third kappa shape index (κ3) is 28.2. The SMILES string of the molecule is NCCCCCCCCCCCC(=O)CC(CCSSCCC(NC(=O)CCCCCCCCCCCN)C(=O)O)C(=O)O. The van der Waals surface area contributed by atoms with Gasteiger partial charge in [-0.15, -0.1) is 0 Å². The van der Waals surface area contributed by atoms with E-state index in [2.05, 4.69) is 5.32 Å². The molecule has 0 saturated heterocycles. The number of rotatable bonds is 34. The van der Waals surface area contributed by atoms with Crippen LogP contribution in [0.1, 0.15) is 148 Å². The number of ketones is 1. The van der Waals surface area contributed by atoms with Crippen molar-refractivity contribution < 1.29 is 29.4 Å². The normalized spacial score (nSPS) is 12.6. The van der Waals surface area contributed by atoms with Crippen LogP contribution < -0.4 is 16.8 Å². The third-order valence-electron chi connectivity index (χ3n) is 7.85. The quantitative estimate of drug-likeness (QED) is 0.0354. The monoisotopic (exact) mass is 661 g/mol. The maximum absolute atomic E-state index is 12.3. The Hall–Kier alpha value is -1.30. The lowest BCUT2D eigenvalue weighted by molar-refractivity contribution is -0.144. The molecule has 9 nitrogen and oxygen atoms in total. The highest BCUT2D eigenvalue weighted by atomic mass is 33.1. The number of carbonyl (C=O) groups is 4. The molecule has 0 heterocycles. The highest BCUT2D eigenvalue weighted by Crippen LogP contribution is 2.26. The lowest BCUT2D eigenvalue weighted by atomic mass is 9.97. The minimum atomic E-state index is -1.04. The first kappa shape index (κ1) is 42.7. The van der Waals surface area contributed by atoms with Gasteiger partial charge in [0.05, 0.1) is 5.92 Å². The van der Waals surface area contributed by atoms with Gasteiger partial charge >= 0.3 is 11.9 Å². The van der Waals surface area contributed by atoms with E-state index in [0.29, 0.717) is 37.2 Å². The van der Waals surface area contributed by atoms with Gasteiger partial charge in [-0.1, -0.05) is 111 Å². The van der Waals surface area contributed by atoms with Crippen molar-refractivity contribution >= 4 is 45.2 Å². The average molecular weight is 662 g/mol. The molecule has 0 rings (SSSR count). The molecule has 0 aromatic carbocycles. The second-order valence-corrected chi connectivity index (χ2v) is 14.6. The van der Waals surface area contributed by atoms with E-state index in [0.717, 1.165) is 70.9 Å². The zero-order valence-corrected chi connectivity index (χ0v) is 28.9. The minimum Gasteiger partial charge on any atom is -0.481 e. The molecular formula is C33H63N3O6S2. The smallest absolute Gasteiger partial charge is 0.326 e. The van der Waals surface area contributed by atoms with E-state index in [1.54, 1.807) is 0 Å². The van der Waals surface area contributed by atoms with E-state index >= 15 is 0 Å². The van der Waals surface area contributed by atoms with Crippen LogP contribution in [0.2, 0.25) is 0 Å². The number of nitrogens with two attached hydrogens (primary N) is 2. The van der Waals surface area contributed by atoms with E-state index < -0.39 is 23.9 Å². The van der Waals surface area contributed by atoms with Crippen molar-refractivity contribution in [2.75, 3.05) is 24.6 Å². The summed E-state index contributed by atoms with van der Waals surface area (Å²) in [6.07, 6.45) is 21.6. The second kappa shape index (κ2) is 31.7. The van der Waals surface area contributed by atoms with Crippen LogP contribution in [0, 0.1) is 5.92 Å². The van der Waals surface area contributed by atoms with E-state index in [-0.39, 0.29) is 18.1 Å². The molecule has 1 amide bonds. The number of aliphatic carboxylic acids is 2. The zero-order chi connectivity index (χ0) is 32.7. The molecule has 2 atom stereocenters. The Morgan fingerprint density at radius 1 is 0.545 bits per heavy atom. The standard InChI is InChI=1S/C33H63N3O6S2/c34-23-17-13-9-5-1-3-7-11-15-19-29(37)27-28(32(39)40)21-25-43-44-26-22-30(33(41)42)36-31(38)20-16-12-8-4-2-6-10-14-18-24-35/h28,30H,1-27,34-35H2,(H,36,38)(H,39,40)(H,41,42). The topological polar surface area (TPSA) is 173 Å². The zero-order valence-electron chi connectivity index (χ0n) is 27.2. The van der Waals surface area contributed by atoms with E-state index in [1.807, 2.05) is 0 Å². The Balaban J connectivity index is 3.95. The summed E-state index contributed by atoms with van der Waals surface area (Å²) in [5.41, 5.74) is 11.0. The fraction of sp³-hybridized carbons (Fsp3) is 0.879. The van der Waals surface area contributed by atoms with Gasteiger partial charge in [-0.25, -0.2) is 4.79 Å². The summed E-state index contributed by atoms with van der Waals surface area (Å²) in [5.74, 6) is -1.77. The van der Waals surface area contributed by atoms with Crippen molar-refractivity contribution in [2.24, 2.45) is 17.4 Å². The molecular weight excluding hydrogens is 599 g/mol. The predicted molar refractivity (Wildman–Crippen MR) is 185 cm³/mol. The van der Waals surface area contributed by atoms with Crippen molar-refractivity contribution in [1.29, 1.82) is 0 Å². The summed E-state index contributed by atoms with van der Waals surface area (Å²) in [6, 6.07) is -0.921. The van der Waals surface area contributed by atoms with Crippen LogP contribution in [-0.2, 0) is 19.2 Å². The van der Waals surface area contributed by atoms with Gasteiger partial charge < -0.3 is 27.0 Å². The summed E-state index contributed by atoms with van der Waals surface area (Å²) in [6.45, 7) is 1.53. The lowest BCUT2D eigenvalue weighted by Gasteiger charge is -2.14. The molecule has 0 aliphatic rings. The minimum absolute atomic E-state index is 0.0194. The number of Topliss-reactive ketones (excluding diaryl/α,β-unsaturated/α-hetero) is 1. The first-order valence-corrected chi connectivity index (χ1v) is 19.7. The fourth-order valence-electron chi connectivity index (χ4n) is 5.06. The molecule has 0 aromatic rings. The number of hydrogen-bond acceptors (Lipinski definition) is 8. The van der Waals surface area contributed by atoms with Gasteiger partial charge in [-0.2, -0.15) is 0 Å². The van der Waals surface area contributed by atoms with Crippen LogP contribution in [-0.4, -0.2) is 64.5 Å². The number of unbranched alkanes of at least 4 members (excludes halogenated alkanes) is 16. The van der Waals surface area contributed by atoms with E-state index in [4.69, 9.17) is 11.5 Å². The molecule has 2 unspecified atom stereocenters. The second-order valence-electron chi connectivity index (χ2n) is 11.9. The summed E-state index contributed by atoms with van der Waals surface area (Å²) in [5, 5.41) is 21.7. The third-order valence-corrected chi connectivity index (χ3v) is 10.3. The van der Waals surface area contributed by atoms with Crippen molar-refractivity contribution in [3.63, 3.8) is 0 Å². The van der Waals surface area contributed by atoms with Crippen LogP contribution >= 0.6 is 21.6 Å². The van der Waals surface area contributed by atoms with Gasteiger partial charge in [-0.3, -0.25) is 14.4 Å². The van der Waals surface area contributed by atoms with Crippen molar-refractivity contribution in [1.82, 2.24) is 5.32 Å². The van der Waals surface area contributed by atoms with Crippen LogP contribution in [0.5, 0.6) is 0 Å². The highest BCUT2D eigenvalue weighted by molar-refractivity contribution is 8.76. The van der Waals surface area contributed by atoms with Gasteiger partial charge in [0.2, 0.25) is 5.91 Å². The summed E-state index contributed by atoms with van der Waals surface area (Å²) in [4.78, 5) is 47.9. The molecule has 0 aliphatic carbocycles. The molecule has 0 radical (unpaired) electrons. The fourth-order valence-corrected chi connectivity index (χ4v) is 7.29. The molecule has 0 saturated carbocycles. The van der Waals surface area contributed by atoms with Crippen molar-refractivity contribution in [2.45, 2.75) is 154 Å². The lowest BCUT2D eigenvalue weighted by Crippen LogP contribution is -2.41. The van der Waals surface area contributed by atoms with Gasteiger partial charge in [0, 0.05) is 30.8 Å². The molecule has 7 N–H and O–H groups in total. The number of carboxylic acid groups (broad SMARTS) is 2. The molecule has 0 aliphatic heterocycles. The summed E-state index contributed by atoms with van der Waals surface area (Å²) in [7, 11) is 2.96. The van der Waals surface area contributed by atoms with Gasteiger partial charge in [0.15, 0.2) is 0 Å². The van der Waals surface area contributed by atoms with Gasteiger partial charge in [0.1, 0.15) is 11.8 Å². The van der Waals surface area contributed by atoms with Crippen molar-refractivity contribution in [3.8, 4) is 0 Å². The van der Waals surface area contributed by atoms with Crippen LogP contribution in [0.25, 0.3) is 0 Å². The number of carbonyl (C=O) groups excluding carboxylic acids is 2. The summed E-state index contributed by atoms with van der Waals surface area (Å²) < 4.78 is 0. The average Bonchev–Trinajstić information content (AvgIpc) is 2.99. The Bertz CT molecular complexity index is 684. The molecule has 44 heavy (non-hydrogen) atoms. The largest absolute Gasteiger partial charge is 0.481 e. The maximum Gasteiger partial charge on any atom is 0.326 e. The van der Waals surface area contributed by atoms with Gasteiger partial charge in [0.25, 0.3) is 0 Å². The number of hydrogen-bond donors (Lipinski definition) is 5. The van der Waals surface area contributed by atoms with Gasteiger partial charge in [-0.05, 0) is 51.6 Å². The highest BCUT2D eigenvalue weighted by Gasteiger charge is 2.22. The Kier molecular flexibility index (Phi) is 30.7. The Morgan fingerprint density at radius 3 is 1.39 bits per heavy atom. The van der Waals surface area contributed by atoms with E-state index in [9.17, 15) is 29.4 Å². The van der Waals surface area contributed by atoms with Crippen LogP contribution in [0.3, 0.4) is 0 Å². The molecule has 11 heteroatoms. The van der Waals surface area contributed by atoms with Crippen LogP contribution in [0.15, 0.2) is 0 Å². The summed E-state index contributed by atoms with van der Waals surface area (Å²) >= 11 is 0. The van der Waals surface area contributed by atoms with Crippen molar-refractivity contribution in [3.05, 3.63) is 0 Å². The van der Waals surface area contributed by atoms with Crippen LogP contribution in [0.4, 0.5) is 0 Å². The Labute approximate surface area is 275 Å². The first-order valence-electron chi connectivity index (χ1n) is 17.2. The maximum atomic E-state index is 12.3. The number of nitrogens with one attached hydrogen (secondary N) is 1. The predicted octanol–water partition coefficient (Wildman–Crippen LogP) is 7.10. The molecule has 0 fully saturated rings. The molecule has 258 valence electrons. The molecule has 0 spiro atoms. The number of carboxylic acids is 2. The van der Waals surface area contributed by atoms with E-state index in [1.165, 1.54) is 79.4 Å². The Morgan fingerprint density at radius 2 is 0.955 bits per heavy atom. The first-order chi connectivity index (χ1) is 21.3. The molecule has 0 aromatic heterocycles. The molecule has 0 bridgehead atoms.